The van der Waals surface area contributed by atoms with Crippen molar-refractivity contribution in [3.8, 4) is 0 Å². The van der Waals surface area contributed by atoms with E-state index in [9.17, 15) is 0 Å². The molecule has 0 fully saturated rings. The number of hydrogen-bond acceptors (Lipinski definition) is 2. The predicted molar refractivity (Wildman–Crippen MR) is 62.1 cm³/mol. The van der Waals surface area contributed by atoms with Crippen molar-refractivity contribution in [2.75, 3.05) is 5.43 Å². The van der Waals surface area contributed by atoms with Gasteiger partial charge in [0, 0.05) is 0 Å². The van der Waals surface area contributed by atoms with Gasteiger partial charge in [-0.25, -0.2) is 0 Å². The molecule has 14 heavy (non-hydrogen) atoms. The molecule has 0 amide bonds. The van der Waals surface area contributed by atoms with Gasteiger partial charge in [-0.05, 0) is 30.4 Å². The average molecular weight is 190 g/mol. The summed E-state index contributed by atoms with van der Waals surface area (Å²) in [6, 6.07) is 8.14. The number of allylic oxidation sites excluding steroid dienone is 1. The van der Waals surface area contributed by atoms with E-state index in [1.165, 1.54) is 5.56 Å². The van der Waals surface area contributed by atoms with E-state index in [0.29, 0.717) is 5.92 Å². The van der Waals surface area contributed by atoms with Crippen molar-refractivity contribution in [2.24, 2.45) is 5.84 Å². The normalized spacial score (nSPS) is 12.1. The summed E-state index contributed by atoms with van der Waals surface area (Å²) in [5.74, 6) is 5.96. The lowest BCUT2D eigenvalue weighted by atomic mass is 9.95. The molecule has 76 valence electrons. The molecule has 0 bridgehead atoms. The molecule has 0 spiro atoms. The summed E-state index contributed by atoms with van der Waals surface area (Å²) in [6.07, 6.45) is 4.11. The Bertz CT molecular complexity index is 294. The van der Waals surface area contributed by atoms with Gasteiger partial charge in [-0.1, -0.05) is 31.2 Å². The van der Waals surface area contributed by atoms with E-state index in [1.807, 2.05) is 24.3 Å². The molecule has 1 aromatic carbocycles. The molecule has 0 aliphatic heterocycles. The minimum Gasteiger partial charge on any atom is -0.324 e. The van der Waals surface area contributed by atoms with Gasteiger partial charge < -0.3 is 5.43 Å². The van der Waals surface area contributed by atoms with Crippen molar-refractivity contribution in [1.29, 1.82) is 0 Å². The number of benzene rings is 1. The Labute approximate surface area is 85.8 Å². The molecule has 0 aliphatic carbocycles. The summed E-state index contributed by atoms with van der Waals surface area (Å²) in [4.78, 5) is 0. The highest BCUT2D eigenvalue weighted by atomic mass is 15.2. The highest BCUT2D eigenvalue weighted by molar-refractivity contribution is 5.51. The SMILES string of the molecule is C=CCCC(C)c1ccccc1NN. The van der Waals surface area contributed by atoms with Crippen molar-refractivity contribution in [3.63, 3.8) is 0 Å². The first-order valence-corrected chi connectivity index (χ1v) is 4.96. The fourth-order valence-corrected chi connectivity index (χ4v) is 1.58. The third kappa shape index (κ3) is 2.60. The lowest BCUT2D eigenvalue weighted by Gasteiger charge is -2.14. The topological polar surface area (TPSA) is 38.0 Å². The molecular weight excluding hydrogens is 172 g/mol. The molecule has 0 saturated heterocycles. The highest BCUT2D eigenvalue weighted by Crippen LogP contribution is 2.26. The molecule has 1 rings (SSSR count). The van der Waals surface area contributed by atoms with Crippen LogP contribution in [-0.2, 0) is 0 Å². The molecule has 1 aromatic rings. The molecule has 0 aliphatic rings. The Kier molecular flexibility index (Phi) is 4.20. The van der Waals surface area contributed by atoms with Crippen molar-refractivity contribution >= 4 is 5.69 Å². The summed E-state index contributed by atoms with van der Waals surface area (Å²) < 4.78 is 0. The molecule has 0 radical (unpaired) electrons. The van der Waals surface area contributed by atoms with Crippen LogP contribution in [0, 0.1) is 0 Å². The minimum absolute atomic E-state index is 0.514. The first kappa shape index (κ1) is 10.8. The van der Waals surface area contributed by atoms with Crippen LogP contribution in [0.15, 0.2) is 36.9 Å². The second-order valence-electron chi connectivity index (χ2n) is 3.50. The van der Waals surface area contributed by atoms with Gasteiger partial charge in [0.05, 0.1) is 5.69 Å². The van der Waals surface area contributed by atoms with Crippen molar-refractivity contribution < 1.29 is 0 Å². The third-order valence-electron chi connectivity index (χ3n) is 2.45. The standard InChI is InChI=1S/C12H18N2/c1-3-4-7-10(2)11-8-5-6-9-12(11)14-13/h3,5-6,8-10,14H,1,4,7,13H2,2H3. The van der Waals surface area contributed by atoms with E-state index in [-0.39, 0.29) is 0 Å². The van der Waals surface area contributed by atoms with Gasteiger partial charge in [0.15, 0.2) is 0 Å². The highest BCUT2D eigenvalue weighted by Gasteiger charge is 2.08. The van der Waals surface area contributed by atoms with Crippen LogP contribution in [0.5, 0.6) is 0 Å². The molecule has 1 atom stereocenters. The second kappa shape index (κ2) is 5.45. The number of nitrogens with two attached hydrogens (primary N) is 1. The Morgan fingerprint density at radius 2 is 2.21 bits per heavy atom. The van der Waals surface area contributed by atoms with Gasteiger partial charge in [-0.3, -0.25) is 5.84 Å². The maximum Gasteiger partial charge on any atom is 0.0519 e. The van der Waals surface area contributed by atoms with E-state index < -0.39 is 0 Å². The van der Waals surface area contributed by atoms with E-state index in [1.54, 1.807) is 0 Å². The van der Waals surface area contributed by atoms with Crippen molar-refractivity contribution in [1.82, 2.24) is 0 Å². The van der Waals surface area contributed by atoms with Gasteiger partial charge in [0.1, 0.15) is 0 Å². The lowest BCUT2D eigenvalue weighted by molar-refractivity contribution is 0.692. The van der Waals surface area contributed by atoms with Crippen LogP contribution in [0.4, 0.5) is 5.69 Å². The summed E-state index contributed by atoms with van der Waals surface area (Å²) >= 11 is 0. The van der Waals surface area contributed by atoms with E-state index in [2.05, 4.69) is 25.0 Å². The molecule has 2 nitrogen and oxygen atoms in total. The first-order chi connectivity index (χ1) is 6.79. The lowest BCUT2D eigenvalue weighted by Crippen LogP contribution is -2.10. The van der Waals surface area contributed by atoms with Gasteiger partial charge in [-0.15, -0.1) is 6.58 Å². The number of para-hydroxylation sites is 1. The van der Waals surface area contributed by atoms with Gasteiger partial charge in [0.2, 0.25) is 0 Å². The van der Waals surface area contributed by atoms with Crippen molar-refractivity contribution in [2.45, 2.75) is 25.7 Å². The van der Waals surface area contributed by atoms with Crippen LogP contribution in [0.2, 0.25) is 0 Å². The summed E-state index contributed by atoms with van der Waals surface area (Å²) in [6.45, 7) is 5.94. The smallest absolute Gasteiger partial charge is 0.0519 e. The van der Waals surface area contributed by atoms with Crippen LogP contribution in [0.3, 0.4) is 0 Å². The zero-order chi connectivity index (χ0) is 10.4. The monoisotopic (exact) mass is 190 g/mol. The zero-order valence-electron chi connectivity index (χ0n) is 8.66. The quantitative estimate of drug-likeness (QED) is 0.425. The van der Waals surface area contributed by atoms with E-state index in [0.717, 1.165) is 18.5 Å². The molecule has 0 aromatic heterocycles. The average Bonchev–Trinajstić information content (AvgIpc) is 2.25. The molecule has 3 N–H and O–H groups in total. The number of rotatable bonds is 5. The van der Waals surface area contributed by atoms with Crippen LogP contribution < -0.4 is 11.3 Å². The number of nitrogens with one attached hydrogen (secondary N) is 1. The molecule has 0 heterocycles. The van der Waals surface area contributed by atoms with Crippen LogP contribution in [0.25, 0.3) is 0 Å². The maximum absolute atomic E-state index is 5.45. The molecule has 2 heteroatoms. The van der Waals surface area contributed by atoms with Gasteiger partial charge in [0.25, 0.3) is 0 Å². The minimum atomic E-state index is 0.514. The van der Waals surface area contributed by atoms with Gasteiger partial charge >= 0.3 is 0 Å². The van der Waals surface area contributed by atoms with E-state index in [4.69, 9.17) is 5.84 Å². The summed E-state index contributed by atoms with van der Waals surface area (Å²) in [7, 11) is 0. The molecule has 0 saturated carbocycles. The largest absolute Gasteiger partial charge is 0.324 e. The van der Waals surface area contributed by atoms with Crippen molar-refractivity contribution in [3.05, 3.63) is 42.5 Å². The van der Waals surface area contributed by atoms with Gasteiger partial charge in [-0.2, -0.15) is 0 Å². The number of hydrogen-bond donors (Lipinski definition) is 2. The number of nitrogen functional groups attached to an aromatic ring is 1. The Balaban J connectivity index is 2.77. The van der Waals surface area contributed by atoms with Crippen LogP contribution in [-0.4, -0.2) is 0 Å². The Morgan fingerprint density at radius 1 is 1.50 bits per heavy atom. The second-order valence-corrected chi connectivity index (χ2v) is 3.50. The summed E-state index contributed by atoms with van der Waals surface area (Å²) in [5.41, 5.74) is 5.02. The predicted octanol–water partition coefficient (Wildman–Crippen LogP) is 3.04. The third-order valence-corrected chi connectivity index (χ3v) is 2.45. The van der Waals surface area contributed by atoms with Crippen LogP contribution >= 0.6 is 0 Å². The maximum atomic E-state index is 5.45. The van der Waals surface area contributed by atoms with Crippen LogP contribution in [0.1, 0.15) is 31.2 Å². The zero-order valence-corrected chi connectivity index (χ0v) is 8.66. The molecule has 1 unspecified atom stereocenters. The number of anilines is 1. The summed E-state index contributed by atoms with van der Waals surface area (Å²) in [5, 5.41) is 0. The number of hydrazine groups is 1. The Hall–Kier alpha value is -1.28. The van der Waals surface area contributed by atoms with E-state index >= 15 is 0 Å². The fraction of sp³-hybridized carbons (Fsp3) is 0.333. The Morgan fingerprint density at radius 3 is 2.86 bits per heavy atom. The molecular formula is C12H18N2. The fourth-order valence-electron chi connectivity index (χ4n) is 1.58. The first-order valence-electron chi connectivity index (χ1n) is 4.96.